The Labute approximate surface area is 145 Å². The first kappa shape index (κ1) is 17.1. The molecule has 2 atom stereocenters. The summed E-state index contributed by atoms with van der Waals surface area (Å²) in [6, 6.07) is 11.5. The van der Waals surface area contributed by atoms with Crippen molar-refractivity contribution in [1.82, 2.24) is 4.90 Å². The zero-order valence-corrected chi connectivity index (χ0v) is 14.4. The van der Waals surface area contributed by atoms with E-state index >= 15 is 0 Å². The number of carboxylic acids is 1. The molecule has 3 rings (SSSR count). The topological polar surface area (TPSA) is 57.6 Å². The van der Waals surface area contributed by atoms with Gasteiger partial charge in [0.25, 0.3) is 5.91 Å². The third-order valence-corrected chi connectivity index (χ3v) is 4.94. The van der Waals surface area contributed by atoms with Crippen LogP contribution in [0.1, 0.15) is 48.3 Å². The van der Waals surface area contributed by atoms with Crippen LogP contribution in [0.25, 0.3) is 0 Å². The van der Waals surface area contributed by atoms with Crippen LogP contribution in [0.15, 0.2) is 48.5 Å². The number of benzene rings is 2. The number of nitrogens with zero attached hydrogens (tertiary/aromatic N) is 1. The summed E-state index contributed by atoms with van der Waals surface area (Å²) in [6.45, 7) is 5.27. The van der Waals surface area contributed by atoms with Crippen LogP contribution in [0.5, 0.6) is 0 Å². The Kier molecular flexibility index (Phi) is 4.11. The minimum Gasteiger partial charge on any atom is -0.481 e. The number of aliphatic carboxylic acids is 1. The van der Waals surface area contributed by atoms with Crippen LogP contribution < -0.4 is 0 Å². The van der Waals surface area contributed by atoms with E-state index in [1.807, 2.05) is 13.8 Å². The molecule has 1 heterocycles. The molecule has 0 saturated carbocycles. The minimum atomic E-state index is -1.39. The van der Waals surface area contributed by atoms with Gasteiger partial charge in [-0.25, -0.2) is 4.39 Å². The molecule has 4 nitrogen and oxygen atoms in total. The maximum absolute atomic E-state index is 13.8. The maximum atomic E-state index is 13.8. The van der Waals surface area contributed by atoms with Crippen molar-refractivity contribution in [3.05, 3.63) is 71.0 Å². The Hall–Kier alpha value is -2.69. The smallest absolute Gasteiger partial charge is 0.316 e. The highest BCUT2D eigenvalue weighted by atomic mass is 19.1. The fourth-order valence-corrected chi connectivity index (χ4v) is 3.74. The van der Waals surface area contributed by atoms with E-state index in [0.717, 1.165) is 0 Å². The lowest BCUT2D eigenvalue weighted by Gasteiger charge is -2.48. The first-order chi connectivity index (χ1) is 11.8. The summed E-state index contributed by atoms with van der Waals surface area (Å²) in [5.74, 6) is -1.74. The molecule has 0 radical (unpaired) electrons. The molecule has 0 saturated heterocycles. The molecule has 0 bridgehead atoms. The van der Waals surface area contributed by atoms with Gasteiger partial charge in [-0.15, -0.1) is 0 Å². The van der Waals surface area contributed by atoms with Crippen molar-refractivity contribution in [3.8, 4) is 0 Å². The van der Waals surface area contributed by atoms with Crippen LogP contribution in [-0.2, 0) is 10.2 Å². The summed E-state index contributed by atoms with van der Waals surface area (Å²) in [5, 5.41) is 10.1. The number of rotatable bonds is 3. The van der Waals surface area contributed by atoms with Crippen molar-refractivity contribution in [1.29, 1.82) is 0 Å². The molecular weight excluding hydrogens is 321 g/mol. The predicted molar refractivity (Wildman–Crippen MR) is 91.9 cm³/mol. The lowest BCUT2D eigenvalue weighted by atomic mass is 9.68. The molecule has 1 amide bonds. The largest absolute Gasteiger partial charge is 0.481 e. The molecule has 1 N–H and O–H groups in total. The van der Waals surface area contributed by atoms with E-state index in [-0.39, 0.29) is 11.9 Å². The first-order valence-electron chi connectivity index (χ1n) is 8.19. The second kappa shape index (κ2) is 5.99. The van der Waals surface area contributed by atoms with Gasteiger partial charge in [-0.2, -0.15) is 0 Å². The first-order valence-corrected chi connectivity index (χ1v) is 8.19. The van der Waals surface area contributed by atoms with Crippen molar-refractivity contribution >= 4 is 11.9 Å². The number of hydrogen-bond acceptors (Lipinski definition) is 2. The molecule has 0 fully saturated rings. The van der Waals surface area contributed by atoms with Gasteiger partial charge in [0.1, 0.15) is 11.2 Å². The molecular formula is C20H20FNO3. The third kappa shape index (κ3) is 2.51. The summed E-state index contributed by atoms with van der Waals surface area (Å²) in [6.07, 6.45) is 0. The van der Waals surface area contributed by atoms with Gasteiger partial charge in [0.2, 0.25) is 0 Å². The number of amides is 1. The van der Waals surface area contributed by atoms with Gasteiger partial charge in [-0.05, 0) is 50.1 Å². The molecule has 2 aromatic carbocycles. The Bertz CT molecular complexity index is 848. The van der Waals surface area contributed by atoms with Crippen molar-refractivity contribution in [3.63, 3.8) is 0 Å². The van der Waals surface area contributed by atoms with E-state index in [9.17, 15) is 19.1 Å². The van der Waals surface area contributed by atoms with E-state index < -0.39 is 23.2 Å². The van der Waals surface area contributed by atoms with Gasteiger partial charge >= 0.3 is 5.97 Å². The molecule has 0 spiro atoms. The van der Waals surface area contributed by atoms with Crippen LogP contribution >= 0.6 is 0 Å². The van der Waals surface area contributed by atoms with Crippen molar-refractivity contribution < 1.29 is 19.1 Å². The van der Waals surface area contributed by atoms with Crippen LogP contribution in [0, 0.1) is 5.82 Å². The summed E-state index contributed by atoms with van der Waals surface area (Å²) in [7, 11) is 0. The van der Waals surface area contributed by atoms with Gasteiger partial charge in [-0.1, -0.05) is 30.3 Å². The fourth-order valence-electron chi connectivity index (χ4n) is 3.74. The third-order valence-electron chi connectivity index (χ3n) is 4.94. The van der Waals surface area contributed by atoms with Crippen molar-refractivity contribution in [2.24, 2.45) is 0 Å². The molecule has 0 unspecified atom stereocenters. The van der Waals surface area contributed by atoms with E-state index in [0.29, 0.717) is 16.7 Å². The zero-order chi connectivity index (χ0) is 18.4. The molecule has 0 aromatic heterocycles. The molecule has 25 heavy (non-hydrogen) atoms. The molecule has 0 aliphatic carbocycles. The normalized spacial score (nSPS) is 22.8. The highest BCUT2D eigenvalue weighted by Crippen LogP contribution is 2.48. The van der Waals surface area contributed by atoms with E-state index in [2.05, 4.69) is 0 Å². The number of halogens is 1. The SMILES string of the molecule is CC(C)N1C(=O)c2ccccc2[C@@](C)(C(=O)O)[C@H]1c1cccc(F)c1. The minimum absolute atomic E-state index is 0.237. The van der Waals surface area contributed by atoms with Crippen molar-refractivity contribution in [2.75, 3.05) is 0 Å². The molecule has 1 aliphatic rings. The Balaban J connectivity index is 2.35. The number of fused-ring (bicyclic) bond motifs is 1. The van der Waals surface area contributed by atoms with Gasteiger partial charge in [0, 0.05) is 11.6 Å². The standard InChI is InChI=1S/C20H20FNO3/c1-12(2)22-17(13-7-6-8-14(21)11-13)20(3,19(24)25)16-10-5-4-9-15(16)18(22)23/h4-12,17H,1-3H3,(H,24,25)/t17-,20-/m1/s1. The summed E-state index contributed by atoms with van der Waals surface area (Å²) >= 11 is 0. The van der Waals surface area contributed by atoms with Crippen LogP contribution in [-0.4, -0.2) is 27.9 Å². The molecule has 130 valence electrons. The Morgan fingerprint density at radius 1 is 1.20 bits per heavy atom. The molecule has 5 heteroatoms. The number of carboxylic acid groups (broad SMARTS) is 1. The second-order valence-electron chi connectivity index (χ2n) is 6.82. The van der Waals surface area contributed by atoms with Gasteiger partial charge in [0.05, 0.1) is 6.04 Å². The lowest BCUT2D eigenvalue weighted by Crippen LogP contribution is -2.56. The fraction of sp³-hybridized carbons (Fsp3) is 0.300. The predicted octanol–water partition coefficient (Wildman–Crippen LogP) is 3.77. The number of hydrogen-bond donors (Lipinski definition) is 1. The highest BCUT2D eigenvalue weighted by molar-refractivity contribution is 6.01. The van der Waals surface area contributed by atoms with E-state index in [4.69, 9.17) is 0 Å². The Morgan fingerprint density at radius 2 is 1.88 bits per heavy atom. The van der Waals surface area contributed by atoms with Gasteiger partial charge in [0.15, 0.2) is 0 Å². The summed E-state index contributed by atoms with van der Waals surface area (Å²) < 4.78 is 13.8. The monoisotopic (exact) mass is 341 g/mol. The van der Waals surface area contributed by atoms with Gasteiger partial charge < -0.3 is 10.0 Å². The number of carbonyl (C=O) groups is 2. The average molecular weight is 341 g/mol. The Morgan fingerprint density at radius 3 is 2.48 bits per heavy atom. The van der Waals surface area contributed by atoms with E-state index in [1.54, 1.807) is 42.2 Å². The summed E-state index contributed by atoms with van der Waals surface area (Å²) in [5.41, 5.74) is -0.0726. The quantitative estimate of drug-likeness (QED) is 0.924. The van der Waals surface area contributed by atoms with Crippen LogP contribution in [0.3, 0.4) is 0 Å². The zero-order valence-electron chi connectivity index (χ0n) is 14.4. The average Bonchev–Trinajstić information content (AvgIpc) is 2.57. The molecule has 2 aromatic rings. The van der Waals surface area contributed by atoms with Crippen LogP contribution in [0.2, 0.25) is 0 Å². The summed E-state index contributed by atoms with van der Waals surface area (Å²) in [4.78, 5) is 27.0. The second-order valence-corrected chi connectivity index (χ2v) is 6.82. The van der Waals surface area contributed by atoms with Crippen molar-refractivity contribution in [2.45, 2.75) is 38.3 Å². The van der Waals surface area contributed by atoms with E-state index in [1.165, 1.54) is 18.2 Å². The maximum Gasteiger partial charge on any atom is 0.316 e. The highest BCUT2D eigenvalue weighted by Gasteiger charge is 2.54. The van der Waals surface area contributed by atoms with Crippen LogP contribution in [0.4, 0.5) is 4.39 Å². The number of carbonyl (C=O) groups excluding carboxylic acids is 1. The lowest BCUT2D eigenvalue weighted by molar-refractivity contribution is -0.146. The molecule has 1 aliphatic heterocycles. The van der Waals surface area contributed by atoms with Gasteiger partial charge in [-0.3, -0.25) is 9.59 Å².